The van der Waals surface area contributed by atoms with E-state index in [1.807, 2.05) is 48.5 Å². The lowest BCUT2D eigenvalue weighted by Gasteiger charge is -2.10. The third-order valence-corrected chi connectivity index (χ3v) is 5.90. The summed E-state index contributed by atoms with van der Waals surface area (Å²) in [5.41, 5.74) is 6.43. The molecule has 0 saturated carbocycles. The first kappa shape index (κ1) is 20.1. The molecule has 0 unspecified atom stereocenters. The summed E-state index contributed by atoms with van der Waals surface area (Å²) >= 11 is 0. The molecule has 3 nitrogen and oxygen atoms in total. The van der Waals surface area contributed by atoms with Gasteiger partial charge in [0.05, 0.1) is 5.30 Å². The Labute approximate surface area is 176 Å². The lowest BCUT2D eigenvalue weighted by molar-refractivity contribution is 0.387. The minimum absolute atomic E-state index is 0.0289. The highest BCUT2D eigenvalue weighted by molar-refractivity contribution is 7.60. The smallest absolute Gasteiger partial charge is 0.321 e. The van der Waals surface area contributed by atoms with Gasteiger partial charge in [0.25, 0.3) is 0 Å². The second-order valence-corrected chi connectivity index (χ2v) is 8.61. The lowest BCUT2D eigenvalue weighted by atomic mass is 9.95. The van der Waals surface area contributed by atoms with Crippen molar-refractivity contribution in [1.29, 1.82) is 0 Å². The summed E-state index contributed by atoms with van der Waals surface area (Å²) in [6.45, 7) is 0. The molecule has 0 radical (unpaired) electrons. The first-order valence-corrected chi connectivity index (χ1v) is 11.2. The molecule has 0 saturated heterocycles. The first-order valence-electron chi connectivity index (χ1n) is 9.60. The van der Waals surface area contributed by atoms with Crippen molar-refractivity contribution in [2.24, 2.45) is 0 Å². The molecular formula is C26H21O3P. The van der Waals surface area contributed by atoms with Gasteiger partial charge in [-0.2, -0.15) is 0 Å². The quantitative estimate of drug-likeness (QED) is 0.324. The Kier molecular flexibility index (Phi) is 5.78. The van der Waals surface area contributed by atoms with Crippen molar-refractivity contribution in [2.75, 3.05) is 0 Å². The third kappa shape index (κ3) is 4.67. The van der Waals surface area contributed by atoms with Crippen LogP contribution in [0.5, 0.6) is 0 Å². The second-order valence-electron chi connectivity index (χ2n) is 7.00. The number of rotatable bonds is 5. The third-order valence-electron chi connectivity index (χ3n) is 4.93. The molecular weight excluding hydrogens is 391 g/mol. The van der Waals surface area contributed by atoms with E-state index in [0.717, 1.165) is 33.4 Å². The molecule has 4 rings (SSSR count). The number of benzene rings is 4. The fraction of sp³-hybridized carbons (Fsp3) is 0. The molecule has 0 aliphatic rings. The topological polar surface area (TPSA) is 57.5 Å². The molecule has 0 amide bonds. The summed E-state index contributed by atoms with van der Waals surface area (Å²) in [6.07, 6.45) is 2.17. The number of hydrogen-bond acceptors (Lipinski definition) is 1. The van der Waals surface area contributed by atoms with Crippen LogP contribution in [0.25, 0.3) is 22.8 Å². The molecule has 0 aliphatic carbocycles. The van der Waals surface area contributed by atoms with E-state index in [1.165, 1.54) is 12.1 Å². The van der Waals surface area contributed by atoms with Gasteiger partial charge in [0.2, 0.25) is 0 Å². The zero-order chi connectivity index (χ0) is 21.0. The van der Waals surface area contributed by atoms with Crippen molar-refractivity contribution in [3.63, 3.8) is 0 Å². The van der Waals surface area contributed by atoms with Gasteiger partial charge in [-0.1, -0.05) is 97.1 Å². The SMILES string of the molecule is O=P(O)(O)c1ccc(-c2ccc(C=C(c3ccccc3)c3ccccc3)cc2)cc1. The Morgan fingerprint density at radius 2 is 1.03 bits per heavy atom. The van der Waals surface area contributed by atoms with Crippen LogP contribution < -0.4 is 5.30 Å². The van der Waals surface area contributed by atoms with Crippen LogP contribution in [-0.4, -0.2) is 9.79 Å². The van der Waals surface area contributed by atoms with E-state index in [1.54, 1.807) is 12.1 Å². The molecule has 0 aromatic heterocycles. The fourth-order valence-electron chi connectivity index (χ4n) is 3.36. The van der Waals surface area contributed by atoms with E-state index < -0.39 is 7.60 Å². The van der Waals surface area contributed by atoms with E-state index >= 15 is 0 Å². The van der Waals surface area contributed by atoms with E-state index in [-0.39, 0.29) is 5.30 Å². The maximum atomic E-state index is 11.3. The van der Waals surface area contributed by atoms with Gasteiger partial charge in [-0.15, -0.1) is 0 Å². The molecule has 4 aromatic carbocycles. The zero-order valence-corrected chi connectivity index (χ0v) is 17.1. The summed E-state index contributed by atoms with van der Waals surface area (Å²) < 4.78 is 11.3. The molecule has 0 heterocycles. The van der Waals surface area contributed by atoms with E-state index in [0.29, 0.717) is 0 Å². The van der Waals surface area contributed by atoms with E-state index in [2.05, 4.69) is 42.5 Å². The predicted molar refractivity (Wildman–Crippen MR) is 123 cm³/mol. The molecule has 0 atom stereocenters. The van der Waals surface area contributed by atoms with Crippen LogP contribution in [0.3, 0.4) is 0 Å². The van der Waals surface area contributed by atoms with Gasteiger partial charge in [0.1, 0.15) is 0 Å². The van der Waals surface area contributed by atoms with Crippen LogP contribution in [0.2, 0.25) is 0 Å². The highest BCUT2D eigenvalue weighted by Gasteiger charge is 2.16. The van der Waals surface area contributed by atoms with Crippen molar-refractivity contribution in [2.45, 2.75) is 0 Å². The van der Waals surface area contributed by atoms with Crippen molar-refractivity contribution >= 4 is 24.5 Å². The molecule has 4 aromatic rings. The summed E-state index contributed by atoms with van der Waals surface area (Å²) in [6, 6.07) is 35.2. The summed E-state index contributed by atoms with van der Waals surface area (Å²) in [5, 5.41) is 0.0289. The minimum Gasteiger partial charge on any atom is -0.321 e. The van der Waals surface area contributed by atoms with Gasteiger partial charge in [0.15, 0.2) is 0 Å². The van der Waals surface area contributed by atoms with Gasteiger partial charge >= 0.3 is 7.60 Å². The average Bonchev–Trinajstić information content (AvgIpc) is 2.79. The molecule has 2 N–H and O–H groups in total. The van der Waals surface area contributed by atoms with Gasteiger partial charge in [0, 0.05) is 0 Å². The van der Waals surface area contributed by atoms with Crippen LogP contribution >= 0.6 is 7.60 Å². The first-order chi connectivity index (χ1) is 14.5. The Morgan fingerprint density at radius 3 is 1.47 bits per heavy atom. The predicted octanol–water partition coefficient (Wildman–Crippen LogP) is 5.75. The van der Waals surface area contributed by atoms with Crippen molar-refractivity contribution < 1.29 is 14.4 Å². The minimum atomic E-state index is -4.22. The molecule has 0 aliphatic heterocycles. The number of hydrogen-bond donors (Lipinski definition) is 2. The van der Waals surface area contributed by atoms with Gasteiger partial charge < -0.3 is 9.79 Å². The largest absolute Gasteiger partial charge is 0.356 e. The second kappa shape index (κ2) is 8.64. The average molecular weight is 412 g/mol. The lowest BCUT2D eigenvalue weighted by Crippen LogP contribution is -2.02. The van der Waals surface area contributed by atoms with Crippen LogP contribution in [0, 0.1) is 0 Å². The van der Waals surface area contributed by atoms with Gasteiger partial charge in [-0.25, -0.2) is 0 Å². The highest BCUT2D eigenvalue weighted by Crippen LogP contribution is 2.34. The van der Waals surface area contributed by atoms with Crippen LogP contribution in [-0.2, 0) is 4.57 Å². The van der Waals surface area contributed by atoms with Crippen molar-refractivity contribution in [1.82, 2.24) is 0 Å². The van der Waals surface area contributed by atoms with Crippen LogP contribution in [0.1, 0.15) is 16.7 Å². The monoisotopic (exact) mass is 412 g/mol. The maximum Gasteiger partial charge on any atom is 0.356 e. The molecule has 0 bridgehead atoms. The molecule has 0 fully saturated rings. The standard InChI is InChI=1S/C26H21O3P/c27-30(28,29)25-17-15-22(16-18-25)21-13-11-20(12-14-21)19-26(23-7-3-1-4-8-23)24-9-5-2-6-10-24/h1-19H,(H2,27,28,29). The van der Waals surface area contributed by atoms with Gasteiger partial charge in [-0.3, -0.25) is 4.57 Å². The molecule has 148 valence electrons. The Balaban J connectivity index is 1.67. The Morgan fingerprint density at radius 1 is 0.600 bits per heavy atom. The van der Waals surface area contributed by atoms with Crippen molar-refractivity contribution in [3.05, 3.63) is 126 Å². The zero-order valence-electron chi connectivity index (χ0n) is 16.2. The molecule has 30 heavy (non-hydrogen) atoms. The molecule has 4 heteroatoms. The maximum absolute atomic E-state index is 11.3. The van der Waals surface area contributed by atoms with Crippen LogP contribution in [0.15, 0.2) is 109 Å². The normalized spacial score (nSPS) is 11.1. The van der Waals surface area contributed by atoms with Crippen LogP contribution in [0.4, 0.5) is 0 Å². The fourth-order valence-corrected chi connectivity index (χ4v) is 3.89. The Bertz CT molecular complexity index is 1150. The highest BCUT2D eigenvalue weighted by atomic mass is 31.2. The molecule has 0 spiro atoms. The van der Waals surface area contributed by atoms with E-state index in [4.69, 9.17) is 0 Å². The van der Waals surface area contributed by atoms with Gasteiger partial charge in [-0.05, 0) is 51.6 Å². The Hall–Kier alpha value is -3.23. The van der Waals surface area contributed by atoms with E-state index in [9.17, 15) is 14.4 Å². The van der Waals surface area contributed by atoms with Crippen molar-refractivity contribution in [3.8, 4) is 11.1 Å². The summed E-state index contributed by atoms with van der Waals surface area (Å²) in [7, 11) is -4.22. The summed E-state index contributed by atoms with van der Waals surface area (Å²) in [5.74, 6) is 0. The summed E-state index contributed by atoms with van der Waals surface area (Å²) in [4.78, 5) is 18.5.